The molecule has 6 rings (SSSR count). The first kappa shape index (κ1) is 17.2. The molecule has 6 heteroatoms. The number of anilines is 1. The first-order valence-corrected chi connectivity index (χ1v) is 10.3. The highest BCUT2D eigenvalue weighted by molar-refractivity contribution is 9.10. The fourth-order valence-corrected chi connectivity index (χ4v) is 5.86. The van der Waals surface area contributed by atoms with Crippen molar-refractivity contribution in [3.8, 4) is 0 Å². The van der Waals surface area contributed by atoms with Gasteiger partial charge in [0.2, 0.25) is 17.7 Å². The zero-order chi connectivity index (χ0) is 19.0. The molecule has 6 atom stereocenters. The maximum atomic E-state index is 12.9. The predicted octanol–water partition coefficient (Wildman–Crippen LogP) is 3.06. The number of likely N-dealkylation sites (tertiary alicyclic amines) is 1. The minimum absolute atomic E-state index is 0.159. The molecule has 27 heavy (non-hydrogen) atoms. The molecule has 4 aliphatic carbocycles. The zero-order valence-corrected chi connectivity index (χ0v) is 16.8. The maximum Gasteiger partial charge on any atom is 0.244 e. The van der Waals surface area contributed by atoms with Crippen LogP contribution in [-0.2, 0) is 14.4 Å². The lowest BCUT2D eigenvalue weighted by atomic mass is 9.63. The molecule has 140 valence electrons. The van der Waals surface area contributed by atoms with E-state index in [0.717, 1.165) is 22.0 Å². The Morgan fingerprint density at radius 3 is 2.26 bits per heavy atom. The third-order valence-electron chi connectivity index (χ3n) is 7.05. The van der Waals surface area contributed by atoms with Crippen LogP contribution in [0.15, 0.2) is 28.8 Å². The van der Waals surface area contributed by atoms with Crippen LogP contribution in [0.3, 0.4) is 0 Å². The number of nitrogens with zero attached hydrogens (tertiary/aromatic N) is 1. The van der Waals surface area contributed by atoms with Gasteiger partial charge in [0.25, 0.3) is 0 Å². The van der Waals surface area contributed by atoms with E-state index >= 15 is 0 Å². The molecule has 1 aromatic carbocycles. The van der Waals surface area contributed by atoms with E-state index in [1.54, 1.807) is 0 Å². The molecule has 5 aliphatic rings. The van der Waals surface area contributed by atoms with E-state index in [9.17, 15) is 14.4 Å². The molecule has 3 fully saturated rings. The summed E-state index contributed by atoms with van der Waals surface area (Å²) in [6.07, 6.45) is 5.42. The Kier molecular flexibility index (Phi) is 3.67. The lowest BCUT2D eigenvalue weighted by Gasteiger charge is -2.37. The lowest BCUT2D eigenvalue weighted by molar-refractivity contribution is -0.142. The van der Waals surface area contributed by atoms with Gasteiger partial charge in [0.05, 0.1) is 11.8 Å². The highest BCUT2D eigenvalue weighted by atomic mass is 79.9. The van der Waals surface area contributed by atoms with Gasteiger partial charge in [-0.1, -0.05) is 28.1 Å². The average Bonchev–Trinajstić information content (AvgIpc) is 3.43. The van der Waals surface area contributed by atoms with Gasteiger partial charge in [0.1, 0.15) is 6.54 Å². The molecule has 1 aromatic rings. The number of amides is 3. The Balaban J connectivity index is 1.33. The van der Waals surface area contributed by atoms with E-state index in [-0.39, 0.29) is 47.9 Å². The molecular formula is C21H21BrN2O3. The van der Waals surface area contributed by atoms with E-state index in [4.69, 9.17) is 0 Å². The van der Waals surface area contributed by atoms with Gasteiger partial charge >= 0.3 is 0 Å². The van der Waals surface area contributed by atoms with E-state index in [2.05, 4.69) is 33.4 Å². The maximum absolute atomic E-state index is 12.9. The van der Waals surface area contributed by atoms with Crippen LogP contribution in [0, 0.1) is 49.4 Å². The second kappa shape index (κ2) is 5.77. The fourth-order valence-electron chi connectivity index (χ4n) is 5.43. The number of nitrogens with one attached hydrogen (secondary N) is 1. The second-order valence-electron chi connectivity index (χ2n) is 8.31. The highest BCUT2D eigenvalue weighted by Gasteiger charge is 2.67. The molecule has 1 heterocycles. The summed E-state index contributed by atoms with van der Waals surface area (Å²) >= 11 is 3.48. The number of halogens is 1. The Morgan fingerprint density at radius 2 is 1.67 bits per heavy atom. The summed E-state index contributed by atoms with van der Waals surface area (Å²) in [5.41, 5.74) is 2.72. The molecule has 0 spiro atoms. The van der Waals surface area contributed by atoms with Crippen LogP contribution in [0.4, 0.5) is 5.69 Å². The molecule has 2 saturated carbocycles. The third-order valence-corrected chi connectivity index (χ3v) is 7.91. The Bertz CT molecular complexity index is 888. The monoisotopic (exact) mass is 428 g/mol. The number of allylic oxidation sites excluding steroid dienone is 2. The standard InChI is InChI=1S/C21H21BrN2O3/c1-9-10(2)16(6-5-15(9)22)23-17(25)8-24-20(26)18-11-3-4-12(14-7-13(11)14)19(18)21(24)27/h3-6,11-14,18-19H,7-8H2,1-2H3,(H,23,25)/t11-,12-,13-,14-,18-,19+/m1/s1. The number of benzene rings is 1. The van der Waals surface area contributed by atoms with Gasteiger partial charge in [-0.25, -0.2) is 0 Å². The molecular weight excluding hydrogens is 408 g/mol. The quantitative estimate of drug-likeness (QED) is 0.594. The van der Waals surface area contributed by atoms with E-state index in [1.807, 2.05) is 26.0 Å². The van der Waals surface area contributed by atoms with Crippen molar-refractivity contribution < 1.29 is 14.4 Å². The second-order valence-corrected chi connectivity index (χ2v) is 9.16. The van der Waals surface area contributed by atoms with Crippen molar-refractivity contribution in [2.75, 3.05) is 11.9 Å². The van der Waals surface area contributed by atoms with Crippen molar-refractivity contribution in [2.45, 2.75) is 20.3 Å². The number of hydrogen-bond donors (Lipinski definition) is 1. The number of imide groups is 1. The van der Waals surface area contributed by atoms with Gasteiger partial charge < -0.3 is 5.32 Å². The minimum atomic E-state index is -0.328. The first-order chi connectivity index (χ1) is 12.9. The van der Waals surface area contributed by atoms with Crippen LogP contribution in [0.1, 0.15) is 17.5 Å². The number of hydrogen-bond acceptors (Lipinski definition) is 3. The van der Waals surface area contributed by atoms with E-state index in [0.29, 0.717) is 17.5 Å². The van der Waals surface area contributed by atoms with Crippen molar-refractivity contribution in [1.29, 1.82) is 0 Å². The van der Waals surface area contributed by atoms with Crippen LogP contribution in [-0.4, -0.2) is 29.2 Å². The van der Waals surface area contributed by atoms with Crippen LogP contribution < -0.4 is 5.32 Å². The van der Waals surface area contributed by atoms with E-state index < -0.39 is 0 Å². The molecule has 3 amide bonds. The normalized spacial score (nSPS) is 35.3. The van der Waals surface area contributed by atoms with Crippen molar-refractivity contribution in [1.82, 2.24) is 4.90 Å². The lowest BCUT2D eigenvalue weighted by Crippen LogP contribution is -2.40. The van der Waals surface area contributed by atoms with Gasteiger partial charge in [-0.3, -0.25) is 19.3 Å². The summed E-state index contributed by atoms with van der Waals surface area (Å²) in [5, 5.41) is 2.86. The first-order valence-electron chi connectivity index (χ1n) is 9.47. The molecule has 2 bridgehead atoms. The van der Waals surface area contributed by atoms with Gasteiger partial charge in [0.15, 0.2) is 0 Å². The largest absolute Gasteiger partial charge is 0.324 e. The van der Waals surface area contributed by atoms with Crippen molar-refractivity contribution >= 4 is 39.3 Å². The molecule has 0 radical (unpaired) electrons. The summed E-state index contributed by atoms with van der Waals surface area (Å²) in [5.74, 6) is 0.367. The van der Waals surface area contributed by atoms with Crippen molar-refractivity contribution in [3.05, 3.63) is 39.9 Å². The Morgan fingerprint density at radius 1 is 1.07 bits per heavy atom. The van der Waals surface area contributed by atoms with Crippen molar-refractivity contribution in [2.24, 2.45) is 35.5 Å². The average molecular weight is 429 g/mol. The SMILES string of the molecule is Cc1c(Br)ccc(NC(=O)CN2C(=O)[C@@H]3[C@@H]4C=C[C@H]([C@H]5C[C@H]45)[C@@H]3C2=O)c1C. The molecule has 1 saturated heterocycles. The van der Waals surface area contributed by atoms with Crippen LogP contribution in [0.2, 0.25) is 0 Å². The van der Waals surface area contributed by atoms with Gasteiger partial charge in [0, 0.05) is 10.2 Å². The molecule has 1 aliphatic heterocycles. The number of carbonyl (C=O) groups excluding carboxylic acids is 3. The Hall–Kier alpha value is -1.95. The fraction of sp³-hybridized carbons (Fsp3) is 0.476. The number of carbonyl (C=O) groups is 3. The zero-order valence-electron chi connectivity index (χ0n) is 15.2. The number of rotatable bonds is 3. The molecule has 5 nitrogen and oxygen atoms in total. The van der Waals surface area contributed by atoms with E-state index in [1.165, 1.54) is 4.90 Å². The highest BCUT2D eigenvalue weighted by Crippen LogP contribution is 2.65. The molecule has 0 aromatic heterocycles. The van der Waals surface area contributed by atoms with Crippen LogP contribution in [0.5, 0.6) is 0 Å². The van der Waals surface area contributed by atoms with Crippen LogP contribution >= 0.6 is 15.9 Å². The predicted molar refractivity (Wildman–Crippen MR) is 104 cm³/mol. The third kappa shape index (κ3) is 2.38. The van der Waals surface area contributed by atoms with Gasteiger partial charge in [-0.15, -0.1) is 0 Å². The summed E-state index contributed by atoms with van der Waals surface area (Å²) in [7, 11) is 0. The molecule has 0 unspecified atom stereocenters. The smallest absolute Gasteiger partial charge is 0.244 e. The molecule has 1 N–H and O–H groups in total. The Labute approximate surface area is 166 Å². The summed E-state index contributed by atoms with van der Waals surface area (Å²) in [6, 6.07) is 3.71. The summed E-state index contributed by atoms with van der Waals surface area (Å²) < 4.78 is 0.980. The van der Waals surface area contributed by atoms with Crippen LogP contribution in [0.25, 0.3) is 0 Å². The summed E-state index contributed by atoms with van der Waals surface area (Å²) in [6.45, 7) is 3.71. The summed E-state index contributed by atoms with van der Waals surface area (Å²) in [4.78, 5) is 39.7. The topological polar surface area (TPSA) is 66.5 Å². The van der Waals surface area contributed by atoms with Gasteiger partial charge in [-0.05, 0) is 67.2 Å². The van der Waals surface area contributed by atoms with Gasteiger partial charge in [-0.2, -0.15) is 0 Å². The van der Waals surface area contributed by atoms with Crippen molar-refractivity contribution in [3.63, 3.8) is 0 Å². The minimum Gasteiger partial charge on any atom is -0.324 e.